The minimum absolute atomic E-state index is 0.0818. The number of fused-ring (bicyclic) bond motifs is 1. The van der Waals surface area contributed by atoms with Gasteiger partial charge >= 0.3 is 0 Å². The number of aromatic nitrogens is 2. The van der Waals surface area contributed by atoms with Gasteiger partial charge in [0.05, 0.1) is 17.6 Å². The summed E-state index contributed by atoms with van der Waals surface area (Å²) in [6.45, 7) is 0.771. The first-order valence-electron chi connectivity index (χ1n) is 6.52. The first-order valence-corrected chi connectivity index (χ1v) is 6.52. The van der Waals surface area contributed by atoms with E-state index in [0.717, 1.165) is 16.6 Å². The molecule has 0 aliphatic rings. The summed E-state index contributed by atoms with van der Waals surface area (Å²) in [6, 6.07) is 17.3. The number of hydrogen-bond acceptors (Lipinski definition) is 3. The average Bonchev–Trinajstić information content (AvgIpc) is 2.51. The van der Waals surface area contributed by atoms with Gasteiger partial charge in [-0.05, 0) is 11.6 Å². The zero-order valence-corrected chi connectivity index (χ0v) is 11.0. The van der Waals surface area contributed by atoms with Gasteiger partial charge in [-0.3, -0.25) is 4.79 Å². The van der Waals surface area contributed by atoms with Crippen LogP contribution in [0.25, 0.3) is 10.8 Å². The lowest BCUT2D eigenvalue weighted by atomic mass is 10.1. The largest absolute Gasteiger partial charge is 0.325 e. The Morgan fingerprint density at radius 1 is 0.950 bits per heavy atom. The van der Waals surface area contributed by atoms with Gasteiger partial charge in [-0.25, -0.2) is 4.68 Å². The molecule has 0 atom stereocenters. The van der Waals surface area contributed by atoms with Crippen LogP contribution in [0.4, 0.5) is 0 Å². The van der Waals surface area contributed by atoms with Crippen LogP contribution >= 0.6 is 0 Å². The fourth-order valence-electron chi connectivity index (χ4n) is 2.32. The molecule has 0 bridgehead atoms. The third kappa shape index (κ3) is 2.21. The van der Waals surface area contributed by atoms with Gasteiger partial charge in [-0.2, -0.15) is 5.10 Å². The first kappa shape index (κ1) is 12.6. The lowest BCUT2D eigenvalue weighted by molar-refractivity contribution is 0.629. The number of rotatable bonds is 3. The molecule has 0 spiro atoms. The van der Waals surface area contributed by atoms with Crippen molar-refractivity contribution in [1.29, 1.82) is 0 Å². The SMILES string of the molecule is NCc1nn(Cc2ccccc2)c(=O)c2ccccc12. The second-order valence-corrected chi connectivity index (χ2v) is 4.64. The fourth-order valence-corrected chi connectivity index (χ4v) is 2.32. The van der Waals surface area contributed by atoms with Crippen LogP contribution in [0.3, 0.4) is 0 Å². The Labute approximate surface area is 116 Å². The summed E-state index contributed by atoms with van der Waals surface area (Å²) < 4.78 is 1.49. The molecule has 1 heterocycles. The van der Waals surface area contributed by atoms with Crippen molar-refractivity contribution in [3.63, 3.8) is 0 Å². The Morgan fingerprint density at radius 2 is 1.60 bits per heavy atom. The normalized spacial score (nSPS) is 10.8. The molecule has 20 heavy (non-hydrogen) atoms. The molecule has 3 aromatic rings. The zero-order chi connectivity index (χ0) is 13.9. The van der Waals surface area contributed by atoms with Crippen LogP contribution in [0.15, 0.2) is 59.4 Å². The molecule has 2 N–H and O–H groups in total. The van der Waals surface area contributed by atoms with E-state index in [4.69, 9.17) is 5.73 Å². The Hall–Kier alpha value is -2.46. The van der Waals surface area contributed by atoms with Crippen molar-refractivity contribution in [2.45, 2.75) is 13.1 Å². The van der Waals surface area contributed by atoms with Crippen LogP contribution in [0, 0.1) is 0 Å². The predicted octanol–water partition coefficient (Wildman–Crippen LogP) is 1.90. The van der Waals surface area contributed by atoms with E-state index < -0.39 is 0 Å². The molecule has 0 aliphatic heterocycles. The standard InChI is InChI=1S/C16H15N3O/c17-10-15-13-8-4-5-9-14(13)16(20)19(18-15)11-12-6-2-1-3-7-12/h1-9H,10-11,17H2. The van der Waals surface area contributed by atoms with E-state index in [9.17, 15) is 4.79 Å². The fraction of sp³-hybridized carbons (Fsp3) is 0.125. The van der Waals surface area contributed by atoms with Gasteiger partial charge in [0.15, 0.2) is 0 Å². The molecular weight excluding hydrogens is 250 g/mol. The van der Waals surface area contributed by atoms with E-state index in [0.29, 0.717) is 18.5 Å². The maximum Gasteiger partial charge on any atom is 0.274 e. The quantitative estimate of drug-likeness (QED) is 0.786. The third-order valence-corrected chi connectivity index (χ3v) is 3.31. The van der Waals surface area contributed by atoms with Gasteiger partial charge < -0.3 is 5.73 Å². The summed E-state index contributed by atoms with van der Waals surface area (Å²) in [4.78, 5) is 12.5. The summed E-state index contributed by atoms with van der Waals surface area (Å²) in [7, 11) is 0. The molecule has 0 fully saturated rings. The zero-order valence-electron chi connectivity index (χ0n) is 11.0. The maximum absolute atomic E-state index is 12.5. The number of nitrogens with zero attached hydrogens (tertiary/aromatic N) is 2. The molecule has 1 aromatic heterocycles. The summed E-state index contributed by atoms with van der Waals surface area (Å²) in [5, 5.41) is 5.90. The molecule has 0 radical (unpaired) electrons. The molecule has 3 rings (SSSR count). The Balaban J connectivity index is 2.17. The third-order valence-electron chi connectivity index (χ3n) is 3.31. The van der Waals surface area contributed by atoms with Crippen LogP contribution in [0.1, 0.15) is 11.3 Å². The van der Waals surface area contributed by atoms with Crippen molar-refractivity contribution in [2.24, 2.45) is 5.73 Å². The molecular formula is C16H15N3O. The highest BCUT2D eigenvalue weighted by Crippen LogP contribution is 2.13. The highest BCUT2D eigenvalue weighted by Gasteiger charge is 2.09. The predicted molar refractivity (Wildman–Crippen MR) is 79.4 cm³/mol. The molecule has 2 aromatic carbocycles. The molecule has 4 heteroatoms. The topological polar surface area (TPSA) is 60.9 Å². The van der Waals surface area contributed by atoms with Crippen LogP contribution < -0.4 is 11.3 Å². The molecule has 0 saturated carbocycles. The molecule has 0 saturated heterocycles. The van der Waals surface area contributed by atoms with Crippen LogP contribution in [-0.2, 0) is 13.1 Å². The van der Waals surface area contributed by atoms with E-state index >= 15 is 0 Å². The number of hydrogen-bond donors (Lipinski definition) is 1. The van der Waals surface area contributed by atoms with E-state index in [1.54, 1.807) is 0 Å². The van der Waals surface area contributed by atoms with E-state index in [1.165, 1.54) is 4.68 Å². The van der Waals surface area contributed by atoms with Gasteiger partial charge in [0.1, 0.15) is 0 Å². The minimum Gasteiger partial charge on any atom is -0.325 e. The van der Waals surface area contributed by atoms with Gasteiger partial charge in [0.25, 0.3) is 5.56 Å². The average molecular weight is 265 g/mol. The van der Waals surface area contributed by atoms with Crippen LogP contribution in [0.2, 0.25) is 0 Å². The highest BCUT2D eigenvalue weighted by molar-refractivity contribution is 5.83. The van der Waals surface area contributed by atoms with Crippen molar-refractivity contribution in [3.8, 4) is 0 Å². The first-order chi connectivity index (χ1) is 9.79. The maximum atomic E-state index is 12.5. The second kappa shape index (κ2) is 5.27. The van der Waals surface area contributed by atoms with Crippen molar-refractivity contribution < 1.29 is 0 Å². The van der Waals surface area contributed by atoms with E-state index in [-0.39, 0.29) is 5.56 Å². The van der Waals surface area contributed by atoms with Gasteiger partial charge in [0.2, 0.25) is 0 Å². The summed E-state index contributed by atoms with van der Waals surface area (Å²) in [6.07, 6.45) is 0. The summed E-state index contributed by atoms with van der Waals surface area (Å²) in [5.41, 5.74) is 7.46. The summed E-state index contributed by atoms with van der Waals surface area (Å²) in [5.74, 6) is 0. The van der Waals surface area contributed by atoms with E-state index in [1.807, 2.05) is 54.6 Å². The molecule has 4 nitrogen and oxygen atoms in total. The number of benzene rings is 2. The smallest absolute Gasteiger partial charge is 0.274 e. The van der Waals surface area contributed by atoms with Crippen LogP contribution in [0.5, 0.6) is 0 Å². The molecule has 0 amide bonds. The van der Waals surface area contributed by atoms with Crippen molar-refractivity contribution in [3.05, 3.63) is 76.2 Å². The van der Waals surface area contributed by atoms with Crippen molar-refractivity contribution >= 4 is 10.8 Å². The number of nitrogens with two attached hydrogens (primary N) is 1. The second-order valence-electron chi connectivity index (χ2n) is 4.64. The molecule has 100 valence electrons. The summed E-state index contributed by atoms with van der Waals surface area (Å²) >= 11 is 0. The van der Waals surface area contributed by atoms with Crippen molar-refractivity contribution in [2.75, 3.05) is 0 Å². The van der Waals surface area contributed by atoms with Gasteiger partial charge in [-0.15, -0.1) is 0 Å². The lowest BCUT2D eigenvalue weighted by Gasteiger charge is -2.09. The highest BCUT2D eigenvalue weighted by atomic mass is 16.1. The monoisotopic (exact) mass is 265 g/mol. The lowest BCUT2D eigenvalue weighted by Crippen LogP contribution is -2.26. The Morgan fingerprint density at radius 3 is 2.30 bits per heavy atom. The van der Waals surface area contributed by atoms with E-state index in [2.05, 4.69) is 5.10 Å². The van der Waals surface area contributed by atoms with Gasteiger partial charge in [-0.1, -0.05) is 48.5 Å². The minimum atomic E-state index is -0.0818. The molecule has 0 unspecified atom stereocenters. The Bertz CT molecular complexity index is 794. The van der Waals surface area contributed by atoms with Gasteiger partial charge in [0, 0.05) is 11.9 Å². The Kier molecular flexibility index (Phi) is 3.31. The van der Waals surface area contributed by atoms with Crippen LogP contribution in [-0.4, -0.2) is 9.78 Å². The van der Waals surface area contributed by atoms with Crippen molar-refractivity contribution in [1.82, 2.24) is 9.78 Å². The molecule has 0 aliphatic carbocycles.